The highest BCUT2D eigenvalue weighted by Crippen LogP contribution is 2.43. The quantitative estimate of drug-likeness (QED) is 0.149. The standard InChI is InChI=1S/C36H72N4O3/c1-13-16-19-26(6)22-23-39(11,12)35(28(8)29(9)37)40(15-3,24-27(7)18-14-2)36-33(42)32(41)34(43-36)30(10)38(25(4)5)31-20-17-21-31/h25-27,29,31-34,36,41-42H,10,13-24,37H2,1-9,11-12H3/q+2. The smallest absolute Gasteiger partial charge is 0.296 e. The number of quaternary nitrogens is 2. The summed E-state index contributed by atoms with van der Waals surface area (Å²) >= 11 is 0. The number of unbranched alkanes of at least 4 members (excludes halogenated alkanes) is 1. The third kappa shape index (κ3) is 8.86. The highest BCUT2D eigenvalue weighted by Gasteiger charge is 2.60. The third-order valence-corrected chi connectivity index (χ3v) is 10.7. The molecule has 2 fully saturated rings. The summed E-state index contributed by atoms with van der Waals surface area (Å²) < 4.78 is 8.12. The lowest BCUT2D eigenvalue weighted by molar-refractivity contribution is -1.06. The molecule has 8 atom stereocenters. The minimum atomic E-state index is -1.04. The topological polar surface area (TPSA) is 79.0 Å². The van der Waals surface area contributed by atoms with E-state index in [4.69, 9.17) is 10.5 Å². The first-order valence-corrected chi connectivity index (χ1v) is 17.7. The summed E-state index contributed by atoms with van der Waals surface area (Å²) in [6.07, 6.45) is 7.22. The van der Waals surface area contributed by atoms with Crippen molar-refractivity contribution in [3.63, 3.8) is 0 Å². The van der Waals surface area contributed by atoms with E-state index in [1.165, 1.54) is 31.5 Å². The summed E-state index contributed by atoms with van der Waals surface area (Å²) in [6.45, 7) is 27.1. The number of nitrogens with two attached hydrogens (primary N) is 1. The van der Waals surface area contributed by atoms with Crippen LogP contribution in [0.4, 0.5) is 0 Å². The normalized spacial score (nSPS) is 27.3. The van der Waals surface area contributed by atoms with Crippen LogP contribution in [0, 0.1) is 11.8 Å². The Bertz CT molecular complexity index is 899. The van der Waals surface area contributed by atoms with Gasteiger partial charge in [0.25, 0.3) is 5.82 Å². The van der Waals surface area contributed by atoms with Crippen molar-refractivity contribution in [3.05, 3.63) is 23.7 Å². The van der Waals surface area contributed by atoms with Crippen LogP contribution in [-0.2, 0) is 4.74 Å². The Balaban J connectivity index is 2.65. The Morgan fingerprint density at radius 3 is 2.05 bits per heavy atom. The van der Waals surface area contributed by atoms with Crippen molar-refractivity contribution >= 4 is 0 Å². The molecule has 1 aliphatic heterocycles. The summed E-state index contributed by atoms with van der Waals surface area (Å²) in [5, 5.41) is 23.6. The van der Waals surface area contributed by atoms with Crippen molar-refractivity contribution in [3.8, 4) is 0 Å². The minimum absolute atomic E-state index is 0.139. The first-order chi connectivity index (χ1) is 20.1. The molecule has 0 bridgehead atoms. The van der Waals surface area contributed by atoms with E-state index in [9.17, 15) is 10.2 Å². The summed E-state index contributed by atoms with van der Waals surface area (Å²) in [4.78, 5) is 2.34. The molecule has 252 valence electrons. The fourth-order valence-electron chi connectivity index (χ4n) is 7.97. The zero-order valence-electron chi connectivity index (χ0n) is 30.1. The Morgan fingerprint density at radius 2 is 1.58 bits per heavy atom. The molecule has 0 aromatic carbocycles. The van der Waals surface area contributed by atoms with Crippen LogP contribution < -0.4 is 5.73 Å². The van der Waals surface area contributed by atoms with Gasteiger partial charge in [-0.2, -0.15) is 0 Å². The zero-order chi connectivity index (χ0) is 32.7. The number of aliphatic hydroxyl groups excluding tert-OH is 2. The molecular weight excluding hydrogens is 536 g/mol. The average molecular weight is 609 g/mol. The monoisotopic (exact) mass is 609 g/mol. The van der Waals surface area contributed by atoms with Crippen LogP contribution >= 0.6 is 0 Å². The zero-order valence-corrected chi connectivity index (χ0v) is 30.1. The molecule has 1 saturated heterocycles. The molecule has 7 heteroatoms. The predicted molar refractivity (Wildman–Crippen MR) is 181 cm³/mol. The number of hydrogen-bond donors (Lipinski definition) is 3. The van der Waals surface area contributed by atoms with Gasteiger partial charge in [-0.3, -0.25) is 0 Å². The molecule has 0 radical (unpaired) electrons. The lowest BCUT2D eigenvalue weighted by Crippen LogP contribution is -2.67. The molecular formula is C36H72N4O3+2. The van der Waals surface area contributed by atoms with Crippen LogP contribution in [0.3, 0.4) is 0 Å². The average Bonchev–Trinajstić information content (AvgIpc) is 3.21. The van der Waals surface area contributed by atoms with Crippen LogP contribution in [0.15, 0.2) is 23.7 Å². The van der Waals surface area contributed by atoms with Gasteiger partial charge in [0.05, 0.1) is 39.3 Å². The first kappa shape index (κ1) is 38.2. The van der Waals surface area contributed by atoms with Crippen molar-refractivity contribution in [2.75, 3.05) is 33.7 Å². The largest absolute Gasteiger partial charge is 0.387 e. The van der Waals surface area contributed by atoms with Gasteiger partial charge in [-0.05, 0) is 72.6 Å². The molecule has 43 heavy (non-hydrogen) atoms. The maximum atomic E-state index is 12.0. The second-order valence-electron chi connectivity index (χ2n) is 15.2. The Morgan fingerprint density at radius 1 is 0.953 bits per heavy atom. The Hall–Kier alpha value is -0.960. The summed E-state index contributed by atoms with van der Waals surface area (Å²) in [5.41, 5.74) is 8.67. The van der Waals surface area contributed by atoms with Crippen molar-refractivity contribution in [1.82, 2.24) is 4.90 Å². The van der Waals surface area contributed by atoms with Crippen LogP contribution in [0.25, 0.3) is 0 Å². The number of likely N-dealkylation sites (N-methyl/N-ethyl adjacent to an activating group) is 1. The van der Waals surface area contributed by atoms with E-state index in [0.29, 0.717) is 26.8 Å². The van der Waals surface area contributed by atoms with Crippen molar-refractivity contribution in [2.24, 2.45) is 17.6 Å². The van der Waals surface area contributed by atoms with Crippen LogP contribution in [0.5, 0.6) is 0 Å². The van der Waals surface area contributed by atoms with E-state index in [-0.39, 0.29) is 12.1 Å². The van der Waals surface area contributed by atoms with Crippen molar-refractivity contribution < 1.29 is 23.9 Å². The van der Waals surface area contributed by atoms with Gasteiger partial charge in [-0.25, -0.2) is 8.97 Å². The van der Waals surface area contributed by atoms with Gasteiger partial charge >= 0.3 is 0 Å². The van der Waals surface area contributed by atoms with Gasteiger partial charge in [-0.15, -0.1) is 0 Å². The van der Waals surface area contributed by atoms with Gasteiger partial charge < -0.3 is 25.6 Å². The summed E-state index contributed by atoms with van der Waals surface area (Å²) in [6, 6.07) is 0.538. The van der Waals surface area contributed by atoms with E-state index in [1.807, 2.05) is 0 Å². The number of aliphatic hydroxyl groups is 2. The van der Waals surface area contributed by atoms with Gasteiger partial charge in [0.1, 0.15) is 12.2 Å². The van der Waals surface area contributed by atoms with E-state index in [0.717, 1.165) is 63.0 Å². The van der Waals surface area contributed by atoms with E-state index < -0.39 is 24.5 Å². The van der Waals surface area contributed by atoms with Gasteiger partial charge in [-0.1, -0.05) is 60.0 Å². The number of rotatable bonds is 19. The highest BCUT2D eigenvalue weighted by atomic mass is 16.6. The highest BCUT2D eigenvalue weighted by molar-refractivity contribution is 5.14. The van der Waals surface area contributed by atoms with E-state index in [2.05, 4.69) is 87.9 Å². The summed E-state index contributed by atoms with van der Waals surface area (Å²) in [7, 11) is 4.62. The SMILES string of the molecule is C=C(C1OC([N+](CC)(CC(C)CCC)C(=C(C)C(C)N)[N+](C)(C)CCC(C)CCCC)C(O)C1O)N(C(C)C)C1CCC1. The van der Waals surface area contributed by atoms with E-state index in [1.54, 1.807) is 0 Å². The molecule has 1 aliphatic carbocycles. The Kier molecular flexibility index (Phi) is 14.7. The molecule has 0 aromatic heterocycles. The Labute approximate surface area is 266 Å². The molecule has 2 rings (SSSR count). The molecule has 0 aromatic rings. The maximum absolute atomic E-state index is 12.0. The van der Waals surface area contributed by atoms with Crippen LogP contribution in [0.1, 0.15) is 120 Å². The number of hydrogen-bond acceptors (Lipinski definition) is 5. The lowest BCUT2D eigenvalue weighted by Gasteiger charge is -2.49. The van der Waals surface area contributed by atoms with Crippen molar-refractivity contribution in [1.29, 1.82) is 0 Å². The van der Waals surface area contributed by atoms with E-state index >= 15 is 0 Å². The molecule has 2 aliphatic rings. The lowest BCUT2D eigenvalue weighted by atomic mass is 9.89. The number of nitrogens with zero attached hydrogens (tertiary/aromatic N) is 3. The second kappa shape index (κ2) is 16.6. The third-order valence-electron chi connectivity index (χ3n) is 10.7. The maximum Gasteiger partial charge on any atom is 0.296 e. The minimum Gasteiger partial charge on any atom is -0.387 e. The van der Waals surface area contributed by atoms with Gasteiger partial charge in [0.2, 0.25) is 6.23 Å². The second-order valence-corrected chi connectivity index (χ2v) is 15.2. The molecule has 1 saturated carbocycles. The molecule has 0 spiro atoms. The van der Waals surface area contributed by atoms with Crippen LogP contribution in [-0.4, -0.2) is 100 Å². The first-order valence-electron chi connectivity index (χ1n) is 17.7. The molecule has 1 heterocycles. The molecule has 0 amide bonds. The predicted octanol–water partition coefficient (Wildman–Crippen LogP) is 6.35. The van der Waals surface area contributed by atoms with Gasteiger partial charge in [0.15, 0.2) is 6.10 Å². The summed E-state index contributed by atoms with van der Waals surface area (Å²) in [5.74, 6) is 2.28. The fraction of sp³-hybridized carbons (Fsp3) is 0.889. The number of ether oxygens (including phenoxy) is 1. The molecule has 8 unspecified atom stereocenters. The fourth-order valence-corrected chi connectivity index (χ4v) is 7.97. The molecule has 4 N–H and O–H groups in total. The van der Waals surface area contributed by atoms with Gasteiger partial charge in [0, 0.05) is 29.7 Å². The molecule has 7 nitrogen and oxygen atoms in total. The van der Waals surface area contributed by atoms with Crippen LogP contribution in [0.2, 0.25) is 0 Å². The van der Waals surface area contributed by atoms with Crippen molar-refractivity contribution in [2.45, 2.75) is 163 Å².